The van der Waals surface area contributed by atoms with Gasteiger partial charge in [0, 0.05) is 26.4 Å². The summed E-state index contributed by atoms with van der Waals surface area (Å²) in [5.74, 6) is -1.88. The normalized spacial score (nSPS) is 14.5. The molecule has 0 spiro atoms. The summed E-state index contributed by atoms with van der Waals surface area (Å²) in [5, 5.41) is 16.7. The SMILES string of the molecule is CCC(Sc1cccc(NC(=O)c2cccc3cccc(C(=O)O)c23)c1)C(=O)Nc1sc2c(c1C(=O)OC)CCC(c1ccccc1)C2. The molecule has 1 aliphatic rings. The predicted molar refractivity (Wildman–Crippen MR) is 191 cm³/mol. The summed E-state index contributed by atoms with van der Waals surface area (Å²) in [6, 6.07) is 27.5. The Kier molecular flexibility index (Phi) is 9.93. The lowest BCUT2D eigenvalue weighted by molar-refractivity contribution is -0.115. The first-order chi connectivity index (χ1) is 23.3. The van der Waals surface area contributed by atoms with Crippen molar-refractivity contribution in [1.82, 2.24) is 0 Å². The highest BCUT2D eigenvalue weighted by atomic mass is 32.2. The number of rotatable bonds is 10. The van der Waals surface area contributed by atoms with Gasteiger partial charge in [-0.25, -0.2) is 9.59 Å². The van der Waals surface area contributed by atoms with E-state index in [4.69, 9.17) is 4.74 Å². The molecule has 10 heteroatoms. The van der Waals surface area contributed by atoms with Gasteiger partial charge in [0.2, 0.25) is 5.91 Å². The fourth-order valence-corrected chi connectivity index (χ4v) is 8.57. The van der Waals surface area contributed by atoms with Gasteiger partial charge in [0.15, 0.2) is 0 Å². The number of thiophene rings is 1. The maximum Gasteiger partial charge on any atom is 0.341 e. The summed E-state index contributed by atoms with van der Waals surface area (Å²) >= 11 is 2.81. The highest BCUT2D eigenvalue weighted by Crippen LogP contribution is 2.43. The van der Waals surface area contributed by atoms with Crippen molar-refractivity contribution in [1.29, 1.82) is 0 Å². The van der Waals surface area contributed by atoms with Crippen molar-refractivity contribution >= 4 is 68.3 Å². The lowest BCUT2D eigenvalue weighted by atomic mass is 9.83. The first kappa shape index (κ1) is 33.0. The van der Waals surface area contributed by atoms with E-state index < -0.39 is 23.1 Å². The number of methoxy groups -OCH3 is 1. The standard InChI is InChI=1S/C38H34N2O6S2/c1-3-30(35(42)40-36-33(38(45)46-2)27-19-18-24(20-31(27)48-36)22-10-5-4-6-11-22)47-26-15-9-14-25(21-26)39-34(41)28-16-7-12-23-13-8-17-29(32(23)28)37(43)44/h4-17,21,24,30H,3,18-20H2,1-2H3,(H,39,41)(H,40,42)(H,43,44). The number of anilines is 2. The number of carbonyl (C=O) groups excluding carboxylic acids is 3. The van der Waals surface area contributed by atoms with Gasteiger partial charge in [-0.15, -0.1) is 23.1 Å². The summed E-state index contributed by atoms with van der Waals surface area (Å²) in [6.07, 6.45) is 2.96. The van der Waals surface area contributed by atoms with Crippen LogP contribution in [0.25, 0.3) is 10.8 Å². The number of esters is 1. The predicted octanol–water partition coefficient (Wildman–Crippen LogP) is 8.42. The van der Waals surface area contributed by atoms with Crippen LogP contribution < -0.4 is 10.6 Å². The molecule has 0 radical (unpaired) electrons. The zero-order valence-electron chi connectivity index (χ0n) is 26.4. The molecule has 2 amide bonds. The lowest BCUT2D eigenvalue weighted by Crippen LogP contribution is -2.25. The summed E-state index contributed by atoms with van der Waals surface area (Å²) < 4.78 is 5.14. The molecule has 0 bridgehead atoms. The molecule has 0 saturated heterocycles. The van der Waals surface area contributed by atoms with Crippen LogP contribution in [-0.4, -0.2) is 41.2 Å². The molecule has 2 atom stereocenters. The number of hydrogen-bond acceptors (Lipinski definition) is 7. The molecule has 48 heavy (non-hydrogen) atoms. The minimum absolute atomic E-state index is 0.0531. The quantitative estimate of drug-likeness (QED) is 0.100. The van der Waals surface area contributed by atoms with Crippen molar-refractivity contribution in [3.63, 3.8) is 0 Å². The third-order valence-electron chi connectivity index (χ3n) is 8.58. The maximum absolute atomic E-state index is 13.7. The zero-order chi connectivity index (χ0) is 33.8. The number of fused-ring (bicyclic) bond motifs is 2. The van der Waals surface area contributed by atoms with Crippen molar-refractivity contribution in [3.8, 4) is 0 Å². The summed E-state index contributed by atoms with van der Waals surface area (Å²) in [4.78, 5) is 53.8. The Morgan fingerprint density at radius 2 is 1.67 bits per heavy atom. The first-order valence-electron chi connectivity index (χ1n) is 15.7. The van der Waals surface area contributed by atoms with Crippen LogP contribution in [0.4, 0.5) is 10.7 Å². The van der Waals surface area contributed by atoms with Crippen molar-refractivity contribution in [2.45, 2.75) is 48.7 Å². The molecule has 0 aliphatic heterocycles. The molecule has 0 saturated carbocycles. The van der Waals surface area contributed by atoms with Crippen molar-refractivity contribution in [2.75, 3.05) is 17.7 Å². The second-order valence-electron chi connectivity index (χ2n) is 11.6. The van der Waals surface area contributed by atoms with Crippen molar-refractivity contribution in [3.05, 3.63) is 124 Å². The molecule has 5 aromatic rings. The van der Waals surface area contributed by atoms with Gasteiger partial charge < -0.3 is 20.5 Å². The molecule has 1 aromatic heterocycles. The van der Waals surface area contributed by atoms with Gasteiger partial charge in [0.25, 0.3) is 5.91 Å². The fraction of sp³-hybridized carbons (Fsp3) is 0.211. The number of hydrogen-bond donors (Lipinski definition) is 3. The van der Waals surface area contributed by atoms with Crippen LogP contribution in [0, 0.1) is 0 Å². The van der Waals surface area contributed by atoms with Crippen LogP contribution in [0.1, 0.15) is 72.8 Å². The topological polar surface area (TPSA) is 122 Å². The number of benzene rings is 4. The fourth-order valence-electron chi connectivity index (χ4n) is 6.23. The van der Waals surface area contributed by atoms with E-state index in [0.29, 0.717) is 39.4 Å². The van der Waals surface area contributed by atoms with Crippen LogP contribution in [0.3, 0.4) is 0 Å². The molecule has 8 nitrogen and oxygen atoms in total. The Labute approximate surface area is 286 Å². The maximum atomic E-state index is 13.7. The molecule has 244 valence electrons. The summed E-state index contributed by atoms with van der Waals surface area (Å²) in [7, 11) is 1.36. The van der Waals surface area contributed by atoms with Gasteiger partial charge in [0.05, 0.1) is 23.5 Å². The van der Waals surface area contributed by atoms with E-state index in [0.717, 1.165) is 34.6 Å². The van der Waals surface area contributed by atoms with Crippen molar-refractivity contribution < 1.29 is 29.0 Å². The highest BCUT2D eigenvalue weighted by Gasteiger charge is 2.31. The van der Waals surface area contributed by atoms with Crippen LogP contribution in [-0.2, 0) is 22.4 Å². The Hall–Kier alpha value is -4.93. The molecule has 0 fully saturated rings. The Morgan fingerprint density at radius 1 is 0.938 bits per heavy atom. The minimum atomic E-state index is -1.11. The third kappa shape index (κ3) is 6.86. The van der Waals surface area contributed by atoms with E-state index >= 15 is 0 Å². The second-order valence-corrected chi connectivity index (χ2v) is 13.9. The molecule has 6 rings (SSSR count). The van der Waals surface area contributed by atoms with Gasteiger partial charge >= 0.3 is 11.9 Å². The van der Waals surface area contributed by atoms with E-state index in [9.17, 15) is 24.3 Å². The number of ether oxygens (including phenoxy) is 1. The average molecular weight is 679 g/mol. The molecule has 1 heterocycles. The third-order valence-corrected chi connectivity index (χ3v) is 11.1. The molecule has 4 aromatic carbocycles. The number of carboxylic acids is 1. The number of amides is 2. The van der Waals surface area contributed by atoms with Crippen molar-refractivity contribution in [2.24, 2.45) is 0 Å². The summed E-state index contributed by atoms with van der Waals surface area (Å²) in [6.45, 7) is 1.93. The van der Waals surface area contributed by atoms with Crippen LogP contribution in [0.15, 0.2) is 95.9 Å². The minimum Gasteiger partial charge on any atom is -0.478 e. The monoisotopic (exact) mass is 678 g/mol. The smallest absolute Gasteiger partial charge is 0.341 e. The average Bonchev–Trinajstić information content (AvgIpc) is 3.47. The van der Waals surface area contributed by atoms with Crippen LogP contribution in [0.2, 0.25) is 0 Å². The van der Waals surface area contributed by atoms with E-state index in [1.807, 2.05) is 31.2 Å². The second kappa shape index (κ2) is 14.5. The van der Waals surface area contributed by atoms with Gasteiger partial charge in [-0.1, -0.05) is 67.6 Å². The van der Waals surface area contributed by atoms with E-state index in [1.165, 1.54) is 41.8 Å². The van der Waals surface area contributed by atoms with E-state index in [-0.39, 0.29) is 17.0 Å². The number of thioether (sulfide) groups is 1. The molecular weight excluding hydrogens is 645 g/mol. The lowest BCUT2D eigenvalue weighted by Gasteiger charge is -2.22. The van der Waals surface area contributed by atoms with Crippen LogP contribution in [0.5, 0.6) is 0 Å². The molecule has 3 N–H and O–H groups in total. The highest BCUT2D eigenvalue weighted by molar-refractivity contribution is 8.00. The first-order valence-corrected chi connectivity index (χ1v) is 17.4. The number of carboxylic acid groups (broad SMARTS) is 1. The Balaban J connectivity index is 1.18. The largest absolute Gasteiger partial charge is 0.478 e. The number of aromatic carboxylic acids is 1. The summed E-state index contributed by atoms with van der Waals surface area (Å²) in [5.41, 5.74) is 3.49. The van der Waals surface area contributed by atoms with Gasteiger partial charge in [0.1, 0.15) is 5.00 Å². The number of nitrogens with one attached hydrogen (secondary N) is 2. The van der Waals surface area contributed by atoms with Gasteiger partial charge in [-0.3, -0.25) is 9.59 Å². The van der Waals surface area contributed by atoms with E-state index in [2.05, 4.69) is 22.8 Å². The molecule has 1 aliphatic carbocycles. The van der Waals surface area contributed by atoms with Gasteiger partial charge in [-0.2, -0.15) is 0 Å². The van der Waals surface area contributed by atoms with Crippen LogP contribution >= 0.6 is 23.1 Å². The molecule has 2 unspecified atom stereocenters. The van der Waals surface area contributed by atoms with E-state index in [1.54, 1.807) is 48.5 Å². The van der Waals surface area contributed by atoms with Gasteiger partial charge in [-0.05, 0) is 78.4 Å². The Morgan fingerprint density at radius 3 is 2.38 bits per heavy atom. The number of carbonyl (C=O) groups is 4. The molecular formula is C38H34N2O6S2. The zero-order valence-corrected chi connectivity index (χ0v) is 28.1. The Bertz CT molecular complexity index is 2020.